The molecule has 0 fully saturated rings. The predicted octanol–water partition coefficient (Wildman–Crippen LogP) is 3.95. The number of benzene rings is 1. The van der Waals surface area contributed by atoms with E-state index in [1.54, 1.807) is 12.1 Å². The number of para-hydroxylation sites is 1. The van der Waals surface area contributed by atoms with Crippen molar-refractivity contribution in [3.8, 4) is 0 Å². The molecular formula is C21H31N5O. The predicted molar refractivity (Wildman–Crippen MR) is 112 cm³/mol. The van der Waals surface area contributed by atoms with Gasteiger partial charge in [-0.3, -0.25) is 4.79 Å². The minimum Gasteiger partial charge on any atom is -0.367 e. The number of rotatable bonds is 8. The quantitative estimate of drug-likeness (QED) is 0.737. The fourth-order valence-corrected chi connectivity index (χ4v) is 2.83. The zero-order chi connectivity index (χ0) is 20.0. The van der Waals surface area contributed by atoms with Crippen molar-refractivity contribution in [2.24, 2.45) is 0 Å². The third kappa shape index (κ3) is 5.76. The second-order valence-electron chi connectivity index (χ2n) is 7.61. The summed E-state index contributed by atoms with van der Waals surface area (Å²) in [6.07, 6.45) is 0. The van der Waals surface area contributed by atoms with Crippen molar-refractivity contribution in [2.45, 2.75) is 39.5 Å². The molecule has 0 aliphatic heterocycles. The number of carbonyl (C=O) groups is 1. The van der Waals surface area contributed by atoms with Gasteiger partial charge in [0.1, 0.15) is 5.82 Å². The van der Waals surface area contributed by atoms with Gasteiger partial charge >= 0.3 is 0 Å². The van der Waals surface area contributed by atoms with Crippen molar-refractivity contribution in [3.05, 3.63) is 47.2 Å². The lowest BCUT2D eigenvalue weighted by Gasteiger charge is -2.20. The highest BCUT2D eigenvalue weighted by atomic mass is 16.1. The lowest BCUT2D eigenvalue weighted by Crippen LogP contribution is -2.21. The number of hydrogen-bond donors (Lipinski definition) is 2. The molecule has 2 rings (SSSR count). The summed E-state index contributed by atoms with van der Waals surface area (Å²) in [5, 5.41) is 14.5. The van der Waals surface area contributed by atoms with Crippen LogP contribution in [0, 0.1) is 0 Å². The van der Waals surface area contributed by atoms with E-state index in [4.69, 9.17) is 0 Å². The fraction of sp³-hybridized carbons (Fsp3) is 0.476. The Morgan fingerprint density at radius 3 is 2.11 bits per heavy atom. The van der Waals surface area contributed by atoms with Crippen LogP contribution < -0.4 is 10.6 Å². The highest BCUT2D eigenvalue weighted by Gasteiger charge is 2.17. The van der Waals surface area contributed by atoms with Crippen molar-refractivity contribution >= 4 is 17.4 Å². The van der Waals surface area contributed by atoms with E-state index in [2.05, 4.69) is 65.6 Å². The molecule has 6 heteroatoms. The van der Waals surface area contributed by atoms with Crippen molar-refractivity contribution < 1.29 is 4.79 Å². The van der Waals surface area contributed by atoms with Gasteiger partial charge in [0.15, 0.2) is 5.69 Å². The first-order chi connectivity index (χ1) is 12.8. The summed E-state index contributed by atoms with van der Waals surface area (Å²) < 4.78 is 0. The molecule has 6 nitrogen and oxygen atoms in total. The maximum atomic E-state index is 12.7. The molecule has 1 aromatic heterocycles. The van der Waals surface area contributed by atoms with E-state index in [0.717, 1.165) is 29.9 Å². The SMILES string of the molecule is CC(C)c1cccc(C(C)C)c1NC(=O)c1ccc(NCCN(C)C)nn1. The van der Waals surface area contributed by atoms with Crippen LogP contribution in [0.2, 0.25) is 0 Å². The molecular weight excluding hydrogens is 338 g/mol. The van der Waals surface area contributed by atoms with Gasteiger partial charge in [0.2, 0.25) is 0 Å². The van der Waals surface area contributed by atoms with E-state index >= 15 is 0 Å². The molecule has 0 saturated heterocycles. The van der Waals surface area contributed by atoms with E-state index in [-0.39, 0.29) is 5.91 Å². The number of nitrogens with zero attached hydrogens (tertiary/aromatic N) is 3. The molecule has 1 aromatic carbocycles. The monoisotopic (exact) mass is 369 g/mol. The lowest BCUT2D eigenvalue weighted by atomic mass is 9.92. The molecule has 2 N–H and O–H groups in total. The molecule has 0 radical (unpaired) electrons. The highest BCUT2D eigenvalue weighted by molar-refractivity contribution is 6.03. The molecule has 0 bridgehead atoms. The number of nitrogens with one attached hydrogen (secondary N) is 2. The number of carbonyl (C=O) groups excluding carboxylic acids is 1. The summed E-state index contributed by atoms with van der Waals surface area (Å²) in [4.78, 5) is 14.8. The average Bonchev–Trinajstić information content (AvgIpc) is 2.61. The molecule has 0 saturated carbocycles. The second kappa shape index (κ2) is 9.46. The zero-order valence-electron chi connectivity index (χ0n) is 17.2. The molecule has 0 aliphatic carbocycles. The van der Waals surface area contributed by atoms with Gasteiger partial charge in [-0.15, -0.1) is 10.2 Å². The first-order valence-corrected chi connectivity index (χ1v) is 9.46. The van der Waals surface area contributed by atoms with Gasteiger partial charge in [0, 0.05) is 18.8 Å². The first kappa shape index (κ1) is 20.8. The van der Waals surface area contributed by atoms with Gasteiger partial charge in [-0.05, 0) is 49.2 Å². The van der Waals surface area contributed by atoms with Crippen molar-refractivity contribution in [1.82, 2.24) is 15.1 Å². The molecule has 146 valence electrons. The first-order valence-electron chi connectivity index (χ1n) is 9.46. The third-order valence-corrected chi connectivity index (χ3v) is 4.37. The molecule has 1 heterocycles. The van der Waals surface area contributed by atoms with Crippen molar-refractivity contribution in [2.75, 3.05) is 37.8 Å². The minimum atomic E-state index is -0.239. The van der Waals surface area contributed by atoms with Gasteiger partial charge in [-0.1, -0.05) is 45.9 Å². The van der Waals surface area contributed by atoms with Crippen LogP contribution >= 0.6 is 0 Å². The Kier molecular flexibility index (Phi) is 7.30. The number of anilines is 2. The van der Waals surface area contributed by atoms with E-state index in [9.17, 15) is 4.79 Å². The molecule has 0 aliphatic rings. The number of hydrogen-bond acceptors (Lipinski definition) is 5. The van der Waals surface area contributed by atoms with Crippen LogP contribution in [0.25, 0.3) is 0 Å². The van der Waals surface area contributed by atoms with Crippen LogP contribution in [0.15, 0.2) is 30.3 Å². The summed E-state index contributed by atoms with van der Waals surface area (Å²) in [5.41, 5.74) is 3.46. The Bertz CT molecular complexity index is 727. The topological polar surface area (TPSA) is 70.2 Å². The van der Waals surface area contributed by atoms with Crippen molar-refractivity contribution in [3.63, 3.8) is 0 Å². The van der Waals surface area contributed by atoms with Crippen LogP contribution in [0.4, 0.5) is 11.5 Å². The lowest BCUT2D eigenvalue weighted by molar-refractivity contribution is 0.102. The van der Waals surface area contributed by atoms with E-state index in [1.165, 1.54) is 0 Å². The maximum absolute atomic E-state index is 12.7. The average molecular weight is 370 g/mol. The van der Waals surface area contributed by atoms with E-state index in [0.29, 0.717) is 23.3 Å². The Labute approximate surface area is 162 Å². The number of amides is 1. The molecule has 27 heavy (non-hydrogen) atoms. The van der Waals surface area contributed by atoms with Crippen molar-refractivity contribution in [1.29, 1.82) is 0 Å². The van der Waals surface area contributed by atoms with Crippen LogP contribution in [0.5, 0.6) is 0 Å². The van der Waals surface area contributed by atoms with Crippen LogP contribution in [-0.4, -0.2) is 48.2 Å². The number of aromatic nitrogens is 2. The summed E-state index contributed by atoms with van der Waals surface area (Å²) in [7, 11) is 4.03. The second-order valence-corrected chi connectivity index (χ2v) is 7.61. The Balaban J connectivity index is 2.15. The molecule has 0 spiro atoms. The van der Waals surface area contributed by atoms with Crippen LogP contribution in [-0.2, 0) is 0 Å². The van der Waals surface area contributed by atoms with Gasteiger partial charge in [0.05, 0.1) is 0 Å². The van der Waals surface area contributed by atoms with Gasteiger partial charge in [0.25, 0.3) is 5.91 Å². The van der Waals surface area contributed by atoms with Gasteiger partial charge in [-0.25, -0.2) is 0 Å². The minimum absolute atomic E-state index is 0.239. The molecule has 0 unspecified atom stereocenters. The highest BCUT2D eigenvalue weighted by Crippen LogP contribution is 2.32. The summed E-state index contributed by atoms with van der Waals surface area (Å²) in [6, 6.07) is 9.67. The Morgan fingerprint density at radius 1 is 1.00 bits per heavy atom. The van der Waals surface area contributed by atoms with Crippen LogP contribution in [0.3, 0.4) is 0 Å². The Hall–Kier alpha value is -2.47. The van der Waals surface area contributed by atoms with Gasteiger partial charge in [-0.2, -0.15) is 0 Å². The standard InChI is InChI=1S/C21H31N5O/c1-14(2)16-8-7-9-17(15(3)4)20(16)23-21(27)18-10-11-19(25-24-18)22-12-13-26(5)6/h7-11,14-15H,12-13H2,1-6H3,(H,22,25)(H,23,27). The Morgan fingerprint density at radius 2 is 1.63 bits per heavy atom. The fourth-order valence-electron chi connectivity index (χ4n) is 2.83. The maximum Gasteiger partial charge on any atom is 0.276 e. The molecule has 2 aromatic rings. The number of likely N-dealkylation sites (N-methyl/N-ethyl adjacent to an activating group) is 1. The van der Waals surface area contributed by atoms with E-state index < -0.39 is 0 Å². The van der Waals surface area contributed by atoms with Crippen LogP contribution in [0.1, 0.15) is 61.1 Å². The summed E-state index contributed by atoms with van der Waals surface area (Å²) in [6.45, 7) is 10.2. The summed E-state index contributed by atoms with van der Waals surface area (Å²) >= 11 is 0. The smallest absolute Gasteiger partial charge is 0.276 e. The third-order valence-electron chi connectivity index (χ3n) is 4.37. The van der Waals surface area contributed by atoms with E-state index in [1.807, 2.05) is 20.2 Å². The van der Waals surface area contributed by atoms with Gasteiger partial charge < -0.3 is 15.5 Å². The normalized spacial score (nSPS) is 11.3. The zero-order valence-corrected chi connectivity index (χ0v) is 17.2. The molecule has 1 amide bonds. The largest absolute Gasteiger partial charge is 0.367 e. The summed E-state index contributed by atoms with van der Waals surface area (Å²) in [5.74, 6) is 1.05. The molecule has 0 atom stereocenters.